The van der Waals surface area contributed by atoms with E-state index in [1.807, 2.05) is 25.1 Å². The molecule has 0 bridgehead atoms. The number of rotatable bonds is 1. The van der Waals surface area contributed by atoms with Crippen LogP contribution < -0.4 is 0 Å². The first kappa shape index (κ1) is 9.09. The van der Waals surface area contributed by atoms with Gasteiger partial charge in [-0.25, -0.2) is 0 Å². The number of hydrogen-bond donors (Lipinski definition) is 2. The molecule has 0 radical (unpaired) electrons. The maximum atomic E-state index is 8.58. The van der Waals surface area contributed by atoms with Crippen molar-refractivity contribution in [3.63, 3.8) is 0 Å². The highest BCUT2D eigenvalue weighted by atomic mass is 35.5. The summed E-state index contributed by atoms with van der Waals surface area (Å²) >= 11 is 5.74. The van der Waals surface area contributed by atoms with Gasteiger partial charge in [0.05, 0.1) is 0 Å². The maximum Gasteiger partial charge on any atom is 0.177 e. The smallest absolute Gasteiger partial charge is 0.177 e. The molecule has 0 amide bonds. The minimum Gasteiger partial charge on any atom is -0.410 e. The molecule has 0 aliphatic carbocycles. The molecule has 3 nitrogen and oxygen atoms in total. The number of oxime groups is 1. The third-order valence-corrected chi connectivity index (χ3v) is 2.51. The summed E-state index contributed by atoms with van der Waals surface area (Å²) in [5, 5.41) is 12.6. The summed E-state index contributed by atoms with van der Waals surface area (Å²) in [7, 11) is 0. The standard InChI is InChI=1S/C10H9ClN2O/c1-6-3-2-4-7-8(10(11)13-14)5-12-9(6)7/h2-5,12,14H,1H3/b13-10-. The van der Waals surface area contributed by atoms with E-state index in [4.69, 9.17) is 16.8 Å². The summed E-state index contributed by atoms with van der Waals surface area (Å²) in [5.41, 5.74) is 2.87. The second kappa shape index (κ2) is 3.35. The van der Waals surface area contributed by atoms with Crippen molar-refractivity contribution < 1.29 is 5.21 Å². The third-order valence-electron chi connectivity index (χ3n) is 2.23. The summed E-state index contributed by atoms with van der Waals surface area (Å²) in [6.07, 6.45) is 1.74. The van der Waals surface area contributed by atoms with Crippen LogP contribution in [0.5, 0.6) is 0 Å². The molecule has 0 saturated carbocycles. The predicted molar refractivity (Wildman–Crippen MR) is 57.2 cm³/mol. The minimum atomic E-state index is 0.0989. The highest BCUT2D eigenvalue weighted by Crippen LogP contribution is 2.22. The van der Waals surface area contributed by atoms with Crippen LogP contribution in [0.2, 0.25) is 0 Å². The molecule has 4 heteroatoms. The van der Waals surface area contributed by atoms with Crippen LogP contribution in [0.4, 0.5) is 0 Å². The summed E-state index contributed by atoms with van der Waals surface area (Å²) in [6, 6.07) is 5.88. The zero-order valence-corrected chi connectivity index (χ0v) is 8.34. The first-order chi connectivity index (χ1) is 6.74. The molecular formula is C10H9ClN2O. The van der Waals surface area contributed by atoms with Gasteiger partial charge in [0.25, 0.3) is 0 Å². The molecule has 0 atom stereocenters. The molecule has 2 aromatic rings. The topological polar surface area (TPSA) is 48.4 Å². The summed E-state index contributed by atoms with van der Waals surface area (Å²) in [4.78, 5) is 3.10. The second-order valence-corrected chi connectivity index (χ2v) is 3.45. The monoisotopic (exact) mass is 208 g/mol. The Morgan fingerprint density at radius 3 is 3.00 bits per heavy atom. The number of aromatic nitrogens is 1. The van der Waals surface area contributed by atoms with E-state index in [1.54, 1.807) is 6.20 Å². The fraction of sp³-hybridized carbons (Fsp3) is 0.100. The average Bonchev–Trinajstić information content (AvgIpc) is 2.62. The molecule has 1 heterocycles. The molecule has 0 unspecified atom stereocenters. The van der Waals surface area contributed by atoms with Crippen molar-refractivity contribution in [2.75, 3.05) is 0 Å². The van der Waals surface area contributed by atoms with Crippen LogP contribution >= 0.6 is 11.6 Å². The van der Waals surface area contributed by atoms with Crippen molar-refractivity contribution in [1.82, 2.24) is 4.98 Å². The number of fused-ring (bicyclic) bond motifs is 1. The van der Waals surface area contributed by atoms with Crippen LogP contribution in [0.25, 0.3) is 10.9 Å². The molecule has 2 N–H and O–H groups in total. The van der Waals surface area contributed by atoms with Crippen molar-refractivity contribution in [2.24, 2.45) is 5.16 Å². The lowest BCUT2D eigenvalue weighted by atomic mass is 10.1. The van der Waals surface area contributed by atoms with Crippen LogP contribution in [0, 0.1) is 6.92 Å². The number of nitrogens with zero attached hydrogens (tertiary/aromatic N) is 1. The van der Waals surface area contributed by atoms with Gasteiger partial charge in [-0.3, -0.25) is 0 Å². The van der Waals surface area contributed by atoms with Crippen LogP contribution in [-0.4, -0.2) is 15.4 Å². The molecule has 0 spiro atoms. The number of hydrogen-bond acceptors (Lipinski definition) is 2. The van der Waals surface area contributed by atoms with Crippen LogP contribution in [-0.2, 0) is 0 Å². The Morgan fingerprint density at radius 2 is 2.29 bits per heavy atom. The fourth-order valence-corrected chi connectivity index (χ4v) is 1.69. The Kier molecular flexibility index (Phi) is 2.17. The Morgan fingerprint density at radius 1 is 1.50 bits per heavy atom. The van der Waals surface area contributed by atoms with Gasteiger partial charge in [0.15, 0.2) is 5.17 Å². The molecule has 0 aliphatic rings. The minimum absolute atomic E-state index is 0.0989. The molecular weight excluding hydrogens is 200 g/mol. The van der Waals surface area contributed by atoms with Gasteiger partial charge >= 0.3 is 0 Å². The van der Waals surface area contributed by atoms with Crippen molar-refractivity contribution >= 4 is 27.7 Å². The van der Waals surface area contributed by atoms with E-state index >= 15 is 0 Å². The third kappa shape index (κ3) is 1.26. The van der Waals surface area contributed by atoms with Gasteiger partial charge in [-0.05, 0) is 12.5 Å². The molecule has 0 aliphatic heterocycles. The Balaban J connectivity index is 2.76. The SMILES string of the molecule is Cc1cccc2c(/C(Cl)=N/O)c[nH]c12. The largest absolute Gasteiger partial charge is 0.410 e. The quantitative estimate of drug-likeness (QED) is 0.423. The van der Waals surface area contributed by atoms with Gasteiger partial charge in [-0.15, -0.1) is 0 Å². The average molecular weight is 209 g/mol. The molecule has 1 aromatic carbocycles. The van der Waals surface area contributed by atoms with Crippen molar-refractivity contribution in [3.05, 3.63) is 35.5 Å². The van der Waals surface area contributed by atoms with E-state index in [0.29, 0.717) is 5.56 Å². The summed E-state index contributed by atoms with van der Waals surface area (Å²) < 4.78 is 0. The number of halogens is 1. The predicted octanol–water partition coefficient (Wildman–Crippen LogP) is 2.85. The van der Waals surface area contributed by atoms with Crippen molar-refractivity contribution in [2.45, 2.75) is 6.92 Å². The normalized spacial score (nSPS) is 12.3. The number of H-pyrrole nitrogens is 1. The van der Waals surface area contributed by atoms with E-state index in [1.165, 1.54) is 0 Å². The molecule has 72 valence electrons. The molecule has 14 heavy (non-hydrogen) atoms. The van der Waals surface area contributed by atoms with E-state index in [2.05, 4.69) is 10.1 Å². The molecule has 1 aromatic heterocycles. The van der Waals surface area contributed by atoms with Gasteiger partial charge in [0, 0.05) is 22.7 Å². The molecule has 0 fully saturated rings. The number of benzene rings is 1. The number of nitrogens with one attached hydrogen (secondary N) is 1. The summed E-state index contributed by atoms with van der Waals surface area (Å²) in [6.45, 7) is 2.01. The zero-order valence-electron chi connectivity index (χ0n) is 7.58. The number of aromatic amines is 1. The number of aryl methyl sites for hydroxylation is 1. The van der Waals surface area contributed by atoms with Crippen molar-refractivity contribution in [1.29, 1.82) is 0 Å². The first-order valence-corrected chi connectivity index (χ1v) is 4.56. The lowest BCUT2D eigenvalue weighted by molar-refractivity contribution is 0.321. The number of para-hydroxylation sites is 1. The first-order valence-electron chi connectivity index (χ1n) is 4.18. The van der Waals surface area contributed by atoms with Gasteiger partial charge in [-0.2, -0.15) is 0 Å². The van der Waals surface area contributed by atoms with Crippen LogP contribution in [0.1, 0.15) is 11.1 Å². The lowest BCUT2D eigenvalue weighted by Crippen LogP contribution is -1.88. The fourth-order valence-electron chi connectivity index (χ4n) is 1.53. The van der Waals surface area contributed by atoms with Gasteiger partial charge < -0.3 is 10.2 Å². The van der Waals surface area contributed by atoms with Gasteiger partial charge in [-0.1, -0.05) is 35.0 Å². The van der Waals surface area contributed by atoms with Crippen molar-refractivity contribution in [3.8, 4) is 0 Å². The maximum absolute atomic E-state index is 8.58. The van der Waals surface area contributed by atoms with Gasteiger partial charge in [0.2, 0.25) is 0 Å². The van der Waals surface area contributed by atoms with Crippen LogP contribution in [0.3, 0.4) is 0 Å². The summed E-state index contributed by atoms with van der Waals surface area (Å²) in [5.74, 6) is 0. The Labute approximate surface area is 86.0 Å². The Hall–Kier alpha value is -1.48. The second-order valence-electron chi connectivity index (χ2n) is 3.09. The zero-order chi connectivity index (χ0) is 10.1. The van der Waals surface area contributed by atoms with E-state index < -0.39 is 0 Å². The molecule has 2 rings (SSSR count). The highest BCUT2D eigenvalue weighted by molar-refractivity contribution is 6.70. The van der Waals surface area contributed by atoms with E-state index in [-0.39, 0.29) is 5.17 Å². The van der Waals surface area contributed by atoms with E-state index in [9.17, 15) is 0 Å². The van der Waals surface area contributed by atoms with E-state index in [0.717, 1.165) is 16.5 Å². The van der Waals surface area contributed by atoms with Crippen LogP contribution in [0.15, 0.2) is 29.6 Å². The Bertz CT molecular complexity index is 502. The lowest BCUT2D eigenvalue weighted by Gasteiger charge is -1.96. The van der Waals surface area contributed by atoms with Gasteiger partial charge in [0.1, 0.15) is 0 Å². The molecule has 0 saturated heterocycles. The highest BCUT2D eigenvalue weighted by Gasteiger charge is 2.08.